The second-order valence-corrected chi connectivity index (χ2v) is 5.01. The lowest BCUT2D eigenvalue weighted by Gasteiger charge is -2.04. The highest BCUT2D eigenvalue weighted by Crippen LogP contribution is 2.16. The average molecular weight is 290 g/mol. The Morgan fingerprint density at radius 1 is 1.60 bits per heavy atom. The quantitative estimate of drug-likeness (QED) is 0.830. The third-order valence-corrected chi connectivity index (χ3v) is 3.30. The fourth-order valence-electron chi connectivity index (χ4n) is 0.946. The first kappa shape index (κ1) is 12.1. The van der Waals surface area contributed by atoms with E-state index >= 15 is 0 Å². The SMILES string of the molecule is N#CC(CBr)c1ccc(S(N)(=O)=O)cn1. The number of sulfonamides is 1. The van der Waals surface area contributed by atoms with Crippen LogP contribution in [-0.4, -0.2) is 18.7 Å². The fraction of sp³-hybridized carbons (Fsp3) is 0.250. The zero-order valence-corrected chi connectivity index (χ0v) is 9.99. The fourth-order valence-corrected chi connectivity index (χ4v) is 1.88. The van der Waals surface area contributed by atoms with Crippen LogP contribution in [0.1, 0.15) is 11.6 Å². The van der Waals surface area contributed by atoms with E-state index in [1.54, 1.807) is 0 Å². The number of hydrogen-bond donors (Lipinski definition) is 1. The van der Waals surface area contributed by atoms with Crippen molar-refractivity contribution < 1.29 is 8.42 Å². The molecule has 0 aliphatic rings. The van der Waals surface area contributed by atoms with Crippen molar-refractivity contribution in [3.8, 4) is 6.07 Å². The summed E-state index contributed by atoms with van der Waals surface area (Å²) in [4.78, 5) is 3.82. The van der Waals surface area contributed by atoms with Crippen molar-refractivity contribution >= 4 is 26.0 Å². The van der Waals surface area contributed by atoms with Gasteiger partial charge in [0.2, 0.25) is 10.0 Å². The second-order valence-electron chi connectivity index (χ2n) is 2.80. The summed E-state index contributed by atoms with van der Waals surface area (Å²) >= 11 is 3.17. The standard InChI is InChI=1S/C8H8BrN3O2S/c9-3-6(4-10)8-2-1-7(5-12-8)15(11,13)14/h1-2,5-6H,3H2,(H2,11,13,14). The summed E-state index contributed by atoms with van der Waals surface area (Å²) in [5, 5.41) is 14.1. The first-order valence-electron chi connectivity index (χ1n) is 3.93. The molecule has 7 heteroatoms. The number of rotatable bonds is 3. The van der Waals surface area contributed by atoms with Crippen molar-refractivity contribution in [2.24, 2.45) is 5.14 Å². The summed E-state index contributed by atoms with van der Waals surface area (Å²) in [5.74, 6) is -0.389. The number of aromatic nitrogens is 1. The minimum absolute atomic E-state index is 0.0579. The number of primary sulfonamides is 1. The number of alkyl halides is 1. The Balaban J connectivity index is 3.06. The molecule has 0 radical (unpaired) electrons. The minimum Gasteiger partial charge on any atom is -0.258 e. The van der Waals surface area contributed by atoms with E-state index in [4.69, 9.17) is 10.4 Å². The van der Waals surface area contributed by atoms with Crippen molar-refractivity contribution in [3.05, 3.63) is 24.0 Å². The highest BCUT2D eigenvalue weighted by atomic mass is 79.9. The number of halogens is 1. The first-order chi connectivity index (χ1) is 6.99. The number of nitriles is 1. The molecule has 0 fully saturated rings. The van der Waals surface area contributed by atoms with Crippen LogP contribution in [0, 0.1) is 11.3 Å². The van der Waals surface area contributed by atoms with Gasteiger partial charge in [0.15, 0.2) is 0 Å². The van der Waals surface area contributed by atoms with Crippen molar-refractivity contribution in [2.75, 3.05) is 5.33 Å². The van der Waals surface area contributed by atoms with Crippen LogP contribution >= 0.6 is 15.9 Å². The topological polar surface area (TPSA) is 96.8 Å². The number of pyridine rings is 1. The van der Waals surface area contributed by atoms with E-state index in [9.17, 15) is 8.42 Å². The smallest absolute Gasteiger partial charge is 0.239 e. The molecule has 1 aromatic rings. The number of nitrogens with zero attached hydrogens (tertiary/aromatic N) is 2. The lowest BCUT2D eigenvalue weighted by molar-refractivity contribution is 0.597. The van der Waals surface area contributed by atoms with Gasteiger partial charge in [-0.1, -0.05) is 15.9 Å². The van der Waals surface area contributed by atoms with E-state index in [0.717, 1.165) is 6.20 Å². The zero-order valence-electron chi connectivity index (χ0n) is 7.59. The van der Waals surface area contributed by atoms with E-state index in [-0.39, 0.29) is 10.8 Å². The first-order valence-corrected chi connectivity index (χ1v) is 6.60. The molecule has 1 rings (SSSR count). The van der Waals surface area contributed by atoms with Crippen LogP contribution in [0.25, 0.3) is 0 Å². The Hall–Kier alpha value is -0.970. The van der Waals surface area contributed by atoms with Gasteiger partial charge in [-0.3, -0.25) is 4.98 Å². The summed E-state index contributed by atoms with van der Waals surface area (Å²) < 4.78 is 21.8. The zero-order chi connectivity index (χ0) is 11.5. The van der Waals surface area contributed by atoms with Gasteiger partial charge in [0.05, 0.1) is 17.7 Å². The highest BCUT2D eigenvalue weighted by molar-refractivity contribution is 9.09. The largest absolute Gasteiger partial charge is 0.258 e. The molecule has 0 bridgehead atoms. The lowest BCUT2D eigenvalue weighted by atomic mass is 10.1. The van der Waals surface area contributed by atoms with Gasteiger partial charge in [-0.05, 0) is 12.1 Å². The van der Waals surface area contributed by atoms with E-state index in [2.05, 4.69) is 20.9 Å². The van der Waals surface area contributed by atoms with Gasteiger partial charge in [0, 0.05) is 11.5 Å². The van der Waals surface area contributed by atoms with Gasteiger partial charge in [-0.2, -0.15) is 5.26 Å². The molecule has 1 aromatic heterocycles. The molecule has 0 aliphatic heterocycles. The normalized spacial score (nSPS) is 13.1. The minimum atomic E-state index is -3.72. The lowest BCUT2D eigenvalue weighted by Crippen LogP contribution is -2.13. The molecular formula is C8H8BrN3O2S. The molecule has 0 aliphatic carbocycles. The molecule has 0 saturated carbocycles. The van der Waals surface area contributed by atoms with E-state index in [1.165, 1.54) is 12.1 Å². The molecule has 1 atom stereocenters. The molecule has 15 heavy (non-hydrogen) atoms. The van der Waals surface area contributed by atoms with Gasteiger partial charge < -0.3 is 0 Å². The Labute approximate surface area is 96.1 Å². The van der Waals surface area contributed by atoms with Gasteiger partial charge in [0.1, 0.15) is 4.90 Å². The molecule has 0 saturated heterocycles. The number of nitrogens with two attached hydrogens (primary N) is 1. The van der Waals surface area contributed by atoms with Crippen molar-refractivity contribution in [2.45, 2.75) is 10.8 Å². The third-order valence-electron chi connectivity index (χ3n) is 1.75. The Bertz CT molecular complexity index is 478. The summed E-state index contributed by atoms with van der Waals surface area (Å²) in [5.41, 5.74) is 0.516. The molecule has 0 spiro atoms. The van der Waals surface area contributed by atoms with Crippen molar-refractivity contribution in [3.63, 3.8) is 0 Å². The third kappa shape index (κ3) is 2.99. The summed E-state index contributed by atoms with van der Waals surface area (Å²) in [6, 6.07) is 4.86. The van der Waals surface area contributed by atoms with Crippen LogP contribution in [0.2, 0.25) is 0 Å². The van der Waals surface area contributed by atoms with Crippen LogP contribution in [0.15, 0.2) is 23.2 Å². The predicted octanol–water partition coefficient (Wildman–Crippen LogP) is 0.731. The molecule has 5 nitrogen and oxygen atoms in total. The maximum Gasteiger partial charge on any atom is 0.239 e. The van der Waals surface area contributed by atoms with Gasteiger partial charge in [0.25, 0.3) is 0 Å². The van der Waals surface area contributed by atoms with E-state index in [1.807, 2.05) is 6.07 Å². The van der Waals surface area contributed by atoms with Crippen LogP contribution in [0.4, 0.5) is 0 Å². The molecule has 1 heterocycles. The molecule has 0 amide bonds. The molecule has 80 valence electrons. The Morgan fingerprint density at radius 2 is 2.27 bits per heavy atom. The van der Waals surface area contributed by atoms with Crippen LogP contribution in [0.3, 0.4) is 0 Å². The molecule has 0 aromatic carbocycles. The molecular weight excluding hydrogens is 282 g/mol. The van der Waals surface area contributed by atoms with Gasteiger partial charge in [-0.15, -0.1) is 0 Å². The summed E-state index contributed by atoms with van der Waals surface area (Å²) in [6.45, 7) is 0. The van der Waals surface area contributed by atoms with Crippen molar-refractivity contribution in [1.29, 1.82) is 5.26 Å². The summed E-state index contributed by atoms with van der Waals surface area (Å²) in [7, 11) is -3.72. The van der Waals surface area contributed by atoms with Crippen LogP contribution in [-0.2, 0) is 10.0 Å². The van der Waals surface area contributed by atoms with E-state index in [0.29, 0.717) is 11.0 Å². The monoisotopic (exact) mass is 289 g/mol. The predicted molar refractivity (Wildman–Crippen MR) is 57.8 cm³/mol. The second kappa shape index (κ2) is 4.70. The average Bonchev–Trinajstić information content (AvgIpc) is 2.19. The molecule has 2 N–H and O–H groups in total. The Morgan fingerprint density at radius 3 is 2.60 bits per heavy atom. The van der Waals surface area contributed by atoms with Gasteiger partial charge >= 0.3 is 0 Å². The Kier molecular flexibility index (Phi) is 3.79. The highest BCUT2D eigenvalue weighted by Gasteiger charge is 2.12. The van der Waals surface area contributed by atoms with E-state index < -0.39 is 10.0 Å². The van der Waals surface area contributed by atoms with Crippen LogP contribution < -0.4 is 5.14 Å². The molecule has 1 unspecified atom stereocenters. The number of hydrogen-bond acceptors (Lipinski definition) is 4. The van der Waals surface area contributed by atoms with Crippen molar-refractivity contribution in [1.82, 2.24) is 4.98 Å². The van der Waals surface area contributed by atoms with Gasteiger partial charge in [-0.25, -0.2) is 13.6 Å². The van der Waals surface area contributed by atoms with Crippen LogP contribution in [0.5, 0.6) is 0 Å². The maximum absolute atomic E-state index is 10.9. The maximum atomic E-state index is 10.9. The summed E-state index contributed by atoms with van der Waals surface area (Å²) in [6.07, 6.45) is 1.15.